The molecule has 0 saturated heterocycles. The molecular formula is C15H26N4O. The molecule has 112 valence electrons. The van der Waals surface area contributed by atoms with Gasteiger partial charge in [0, 0.05) is 33.4 Å². The molecule has 1 atom stereocenters. The third kappa shape index (κ3) is 5.17. The molecule has 1 aromatic heterocycles. The molecule has 0 aliphatic rings. The third-order valence-electron chi connectivity index (χ3n) is 3.20. The van der Waals surface area contributed by atoms with Gasteiger partial charge in [0.05, 0.1) is 5.92 Å². The zero-order valence-corrected chi connectivity index (χ0v) is 12.9. The van der Waals surface area contributed by atoms with Crippen LogP contribution in [0.4, 0.5) is 5.82 Å². The van der Waals surface area contributed by atoms with Crippen LogP contribution in [0.3, 0.4) is 0 Å². The van der Waals surface area contributed by atoms with Crippen LogP contribution in [0.5, 0.6) is 0 Å². The normalized spacial score (nSPS) is 12.0. The molecule has 0 fully saturated rings. The van der Waals surface area contributed by atoms with Gasteiger partial charge in [0.25, 0.3) is 0 Å². The van der Waals surface area contributed by atoms with Crippen LogP contribution in [0.2, 0.25) is 0 Å². The summed E-state index contributed by atoms with van der Waals surface area (Å²) in [4.78, 5) is 18.0. The van der Waals surface area contributed by atoms with Gasteiger partial charge in [-0.1, -0.05) is 19.9 Å². The fourth-order valence-corrected chi connectivity index (χ4v) is 1.99. The molecule has 0 radical (unpaired) electrons. The zero-order valence-electron chi connectivity index (χ0n) is 12.9. The van der Waals surface area contributed by atoms with E-state index in [4.69, 9.17) is 0 Å². The van der Waals surface area contributed by atoms with Crippen molar-refractivity contribution in [3.63, 3.8) is 0 Å². The summed E-state index contributed by atoms with van der Waals surface area (Å²) in [6.07, 6.45) is 3.02. The van der Waals surface area contributed by atoms with Gasteiger partial charge < -0.3 is 15.5 Å². The second kappa shape index (κ2) is 8.53. The lowest BCUT2D eigenvalue weighted by molar-refractivity contribution is -0.123. The number of aromatic nitrogens is 1. The highest BCUT2D eigenvalue weighted by Crippen LogP contribution is 2.11. The molecule has 1 rings (SSSR count). The predicted octanol–water partition coefficient (Wildman–Crippen LogP) is 1.40. The van der Waals surface area contributed by atoms with Crippen LogP contribution >= 0.6 is 0 Å². The molecular weight excluding hydrogens is 252 g/mol. The second-order valence-corrected chi connectivity index (χ2v) is 5.10. The van der Waals surface area contributed by atoms with E-state index in [2.05, 4.69) is 28.6 Å². The number of nitrogens with zero attached hydrogens (tertiary/aromatic N) is 2. The minimum absolute atomic E-state index is 0.0530. The molecule has 1 unspecified atom stereocenters. The lowest BCUT2D eigenvalue weighted by Crippen LogP contribution is -2.34. The van der Waals surface area contributed by atoms with Gasteiger partial charge >= 0.3 is 0 Å². The molecule has 1 heterocycles. The SMILES string of the molecule is CCCNCc1ccc(N(C)CC(C)C(=O)NC)nc1. The molecule has 1 aromatic rings. The van der Waals surface area contributed by atoms with Crippen molar-refractivity contribution in [3.8, 4) is 0 Å². The first-order valence-electron chi connectivity index (χ1n) is 7.16. The number of rotatable bonds is 8. The van der Waals surface area contributed by atoms with Crippen LogP contribution in [0.25, 0.3) is 0 Å². The molecule has 1 amide bonds. The van der Waals surface area contributed by atoms with Crippen LogP contribution in [0, 0.1) is 5.92 Å². The van der Waals surface area contributed by atoms with Crippen molar-refractivity contribution in [2.24, 2.45) is 5.92 Å². The number of carbonyl (C=O) groups is 1. The maximum Gasteiger partial charge on any atom is 0.224 e. The van der Waals surface area contributed by atoms with E-state index in [-0.39, 0.29) is 11.8 Å². The largest absolute Gasteiger partial charge is 0.359 e. The van der Waals surface area contributed by atoms with Crippen LogP contribution in [-0.4, -0.2) is 38.1 Å². The highest BCUT2D eigenvalue weighted by molar-refractivity contribution is 5.78. The van der Waals surface area contributed by atoms with E-state index in [9.17, 15) is 4.79 Å². The summed E-state index contributed by atoms with van der Waals surface area (Å²) >= 11 is 0. The molecule has 2 N–H and O–H groups in total. The third-order valence-corrected chi connectivity index (χ3v) is 3.20. The van der Waals surface area contributed by atoms with E-state index in [1.54, 1.807) is 7.05 Å². The van der Waals surface area contributed by atoms with Gasteiger partial charge in [-0.2, -0.15) is 0 Å². The smallest absolute Gasteiger partial charge is 0.224 e. The van der Waals surface area contributed by atoms with Crippen LogP contribution in [0.15, 0.2) is 18.3 Å². The van der Waals surface area contributed by atoms with Gasteiger partial charge in [0.1, 0.15) is 5.82 Å². The Balaban J connectivity index is 2.52. The van der Waals surface area contributed by atoms with Crippen molar-refractivity contribution in [1.82, 2.24) is 15.6 Å². The van der Waals surface area contributed by atoms with Crippen molar-refractivity contribution >= 4 is 11.7 Å². The van der Waals surface area contributed by atoms with E-state index in [0.717, 1.165) is 25.3 Å². The van der Waals surface area contributed by atoms with Gasteiger partial charge in [-0.3, -0.25) is 4.79 Å². The minimum atomic E-state index is -0.0577. The quantitative estimate of drug-likeness (QED) is 0.706. The monoisotopic (exact) mass is 278 g/mol. The Labute approximate surface area is 121 Å². The fourth-order valence-electron chi connectivity index (χ4n) is 1.99. The summed E-state index contributed by atoms with van der Waals surface area (Å²) in [5.74, 6) is 0.884. The Morgan fingerprint density at radius 2 is 2.20 bits per heavy atom. The standard InChI is InChI=1S/C15H26N4O/c1-5-8-17-9-13-6-7-14(18-10-13)19(4)11-12(2)15(20)16-3/h6-7,10,12,17H,5,8-9,11H2,1-4H3,(H,16,20). The topological polar surface area (TPSA) is 57.3 Å². The molecule has 0 saturated carbocycles. The predicted molar refractivity (Wildman–Crippen MR) is 82.7 cm³/mol. The first-order valence-corrected chi connectivity index (χ1v) is 7.16. The van der Waals surface area contributed by atoms with Gasteiger partial charge in [0.2, 0.25) is 5.91 Å². The molecule has 0 aromatic carbocycles. The minimum Gasteiger partial charge on any atom is -0.359 e. The molecule has 0 bridgehead atoms. The number of hydrogen-bond acceptors (Lipinski definition) is 4. The fraction of sp³-hybridized carbons (Fsp3) is 0.600. The summed E-state index contributed by atoms with van der Waals surface area (Å²) in [6, 6.07) is 4.07. The second-order valence-electron chi connectivity index (χ2n) is 5.10. The Kier molecular flexibility index (Phi) is 7.01. The highest BCUT2D eigenvalue weighted by Gasteiger charge is 2.14. The van der Waals surface area contributed by atoms with Gasteiger partial charge in [-0.25, -0.2) is 4.98 Å². The van der Waals surface area contributed by atoms with E-state index >= 15 is 0 Å². The van der Waals surface area contributed by atoms with E-state index < -0.39 is 0 Å². The molecule has 20 heavy (non-hydrogen) atoms. The van der Waals surface area contributed by atoms with Crippen LogP contribution in [-0.2, 0) is 11.3 Å². The average molecular weight is 278 g/mol. The maximum absolute atomic E-state index is 11.5. The highest BCUT2D eigenvalue weighted by atomic mass is 16.1. The van der Waals surface area contributed by atoms with Crippen LogP contribution in [0.1, 0.15) is 25.8 Å². The Bertz CT molecular complexity index is 405. The average Bonchev–Trinajstić information content (AvgIpc) is 2.47. The number of pyridine rings is 1. The summed E-state index contributed by atoms with van der Waals surface area (Å²) in [7, 11) is 3.62. The number of carbonyl (C=O) groups excluding carboxylic acids is 1. The van der Waals surface area contributed by atoms with Crippen molar-refractivity contribution < 1.29 is 4.79 Å². The summed E-state index contributed by atoms with van der Waals surface area (Å²) in [5.41, 5.74) is 1.18. The Morgan fingerprint density at radius 3 is 2.75 bits per heavy atom. The number of anilines is 1. The molecule has 0 spiro atoms. The lowest BCUT2D eigenvalue weighted by atomic mass is 10.1. The Hall–Kier alpha value is -1.62. The van der Waals surface area contributed by atoms with Crippen molar-refractivity contribution in [2.45, 2.75) is 26.8 Å². The first-order chi connectivity index (χ1) is 9.58. The molecule has 5 nitrogen and oxygen atoms in total. The van der Waals surface area contributed by atoms with E-state index in [1.807, 2.05) is 31.1 Å². The number of nitrogens with one attached hydrogen (secondary N) is 2. The van der Waals surface area contributed by atoms with Crippen molar-refractivity contribution in [2.75, 3.05) is 32.1 Å². The van der Waals surface area contributed by atoms with Crippen molar-refractivity contribution in [3.05, 3.63) is 23.9 Å². The lowest BCUT2D eigenvalue weighted by Gasteiger charge is -2.21. The molecule has 5 heteroatoms. The number of amides is 1. The summed E-state index contributed by atoms with van der Waals surface area (Å²) < 4.78 is 0. The maximum atomic E-state index is 11.5. The Morgan fingerprint density at radius 1 is 1.45 bits per heavy atom. The van der Waals surface area contributed by atoms with Crippen LogP contribution < -0.4 is 15.5 Å². The number of hydrogen-bond donors (Lipinski definition) is 2. The van der Waals surface area contributed by atoms with Gasteiger partial charge in [0.15, 0.2) is 0 Å². The van der Waals surface area contributed by atoms with E-state index in [0.29, 0.717) is 6.54 Å². The first kappa shape index (κ1) is 16.4. The van der Waals surface area contributed by atoms with E-state index in [1.165, 1.54) is 5.56 Å². The van der Waals surface area contributed by atoms with Gasteiger partial charge in [-0.05, 0) is 24.6 Å². The molecule has 0 aliphatic carbocycles. The summed E-state index contributed by atoms with van der Waals surface area (Å²) in [6.45, 7) is 6.58. The van der Waals surface area contributed by atoms with Crippen molar-refractivity contribution in [1.29, 1.82) is 0 Å². The summed E-state index contributed by atoms with van der Waals surface area (Å²) in [5, 5.41) is 6.01. The zero-order chi connectivity index (χ0) is 15.0. The van der Waals surface area contributed by atoms with Gasteiger partial charge in [-0.15, -0.1) is 0 Å². The molecule has 0 aliphatic heterocycles.